The average Bonchev–Trinajstić information content (AvgIpc) is 3.55. The minimum Gasteiger partial charge on any atom is -0.494 e. The molecule has 8 nitrogen and oxygen atoms in total. The summed E-state index contributed by atoms with van der Waals surface area (Å²) in [5, 5.41) is 19.0. The van der Waals surface area contributed by atoms with Crippen LogP contribution in [0.5, 0.6) is 11.5 Å². The molecular formula is C33H34Cl2FN3O5. The number of hydrogen-bond donors (Lipinski definition) is 4. The van der Waals surface area contributed by atoms with Gasteiger partial charge in [-0.1, -0.05) is 62.2 Å². The normalized spacial score (nSPS) is 26.9. The third-order valence-corrected chi connectivity index (χ3v) is 9.85. The van der Waals surface area contributed by atoms with Gasteiger partial charge in [0.15, 0.2) is 0 Å². The number of hydrogen-bond acceptors (Lipinski definition) is 6. The number of carbonyl (C=O) groups is 2. The van der Waals surface area contributed by atoms with E-state index < -0.39 is 34.6 Å². The number of anilines is 2. The van der Waals surface area contributed by atoms with E-state index in [9.17, 15) is 9.59 Å². The van der Waals surface area contributed by atoms with Crippen LogP contribution in [0, 0.1) is 17.2 Å². The van der Waals surface area contributed by atoms with Crippen molar-refractivity contribution < 1.29 is 28.6 Å². The Labute approximate surface area is 265 Å². The second kappa shape index (κ2) is 10.9. The van der Waals surface area contributed by atoms with Gasteiger partial charge in [0.2, 0.25) is 11.8 Å². The zero-order chi connectivity index (χ0) is 31.6. The van der Waals surface area contributed by atoms with E-state index in [1.807, 2.05) is 0 Å². The molecule has 2 aliphatic heterocycles. The van der Waals surface area contributed by atoms with Crippen molar-refractivity contribution in [1.82, 2.24) is 5.32 Å². The zero-order valence-electron chi connectivity index (χ0n) is 24.8. The van der Waals surface area contributed by atoms with Crippen LogP contribution in [-0.4, -0.2) is 48.8 Å². The van der Waals surface area contributed by atoms with Crippen molar-refractivity contribution >= 4 is 46.4 Å². The quantitative estimate of drug-likeness (QED) is 0.256. The first-order valence-electron chi connectivity index (χ1n) is 14.4. The fourth-order valence-corrected chi connectivity index (χ4v) is 7.95. The van der Waals surface area contributed by atoms with Crippen molar-refractivity contribution in [3.63, 3.8) is 0 Å². The predicted molar refractivity (Wildman–Crippen MR) is 167 cm³/mol. The van der Waals surface area contributed by atoms with Crippen molar-refractivity contribution in [1.29, 1.82) is 0 Å². The Hall–Kier alpha value is -3.37. The summed E-state index contributed by atoms with van der Waals surface area (Å²) >= 11 is 12.7. The van der Waals surface area contributed by atoms with E-state index in [4.69, 9.17) is 37.8 Å². The van der Waals surface area contributed by atoms with Crippen LogP contribution < -0.4 is 25.4 Å². The molecule has 2 unspecified atom stereocenters. The number of methoxy groups -OCH3 is 1. The van der Waals surface area contributed by atoms with Gasteiger partial charge >= 0.3 is 0 Å². The molecule has 1 saturated heterocycles. The van der Waals surface area contributed by atoms with Gasteiger partial charge in [-0.25, -0.2) is 4.39 Å². The van der Waals surface area contributed by atoms with Crippen molar-refractivity contribution in [3.05, 3.63) is 81.6 Å². The lowest BCUT2D eigenvalue weighted by Gasteiger charge is -2.38. The van der Waals surface area contributed by atoms with E-state index in [2.05, 4.69) is 36.7 Å². The number of benzene rings is 3. The molecule has 2 spiro atoms. The van der Waals surface area contributed by atoms with Crippen LogP contribution in [-0.2, 0) is 15.0 Å². The maximum atomic E-state index is 16.1. The highest BCUT2D eigenvalue weighted by Gasteiger charge is 2.81. The summed E-state index contributed by atoms with van der Waals surface area (Å²) in [6.45, 7) is 6.25. The predicted octanol–water partition coefficient (Wildman–Crippen LogP) is 5.90. The molecular weight excluding hydrogens is 608 g/mol. The summed E-state index contributed by atoms with van der Waals surface area (Å²) in [5.41, 5.74) is -0.745. The van der Waals surface area contributed by atoms with E-state index in [0.29, 0.717) is 39.9 Å². The topological polar surface area (TPSA) is 109 Å². The summed E-state index contributed by atoms with van der Waals surface area (Å²) in [7, 11) is 1.46. The summed E-state index contributed by atoms with van der Waals surface area (Å²) in [6.07, 6.45) is 0.592. The molecule has 0 aromatic heterocycles. The molecule has 3 aromatic rings. The first-order valence-corrected chi connectivity index (χ1v) is 15.2. The lowest BCUT2D eigenvalue weighted by Crippen LogP contribution is -2.52. The van der Waals surface area contributed by atoms with Gasteiger partial charge in [-0.2, -0.15) is 0 Å². The van der Waals surface area contributed by atoms with E-state index >= 15 is 4.39 Å². The number of aliphatic hydroxyl groups excluding tert-OH is 1. The second-order valence-electron chi connectivity index (χ2n) is 12.7. The monoisotopic (exact) mass is 641 g/mol. The largest absolute Gasteiger partial charge is 0.494 e. The molecule has 6 rings (SSSR count). The minimum atomic E-state index is -1.36. The van der Waals surface area contributed by atoms with Crippen molar-refractivity contribution in [2.75, 3.05) is 31.0 Å². The van der Waals surface area contributed by atoms with E-state index in [0.717, 1.165) is 0 Å². The Morgan fingerprint density at radius 3 is 2.61 bits per heavy atom. The third-order valence-electron chi connectivity index (χ3n) is 9.33. The average molecular weight is 643 g/mol. The smallest absolute Gasteiger partial charge is 0.242 e. The summed E-state index contributed by atoms with van der Waals surface area (Å²) in [5.74, 6) is -1.69. The molecule has 3 aromatic carbocycles. The standard InChI is InChI=1S/C33H34Cl2FN3O5/c1-31(2,3)25-16-32(25)33(20-10-8-17(34)14-23(20)38-30(33)42)26(19-6-5-7-21(35)27(19)36)28(39-32)29(41)37-22-11-9-18(44-13-12-40)15-24(22)43-4/h5-11,14-15,25-26,28,39-40H,12-13,16H2,1-4H3,(H,37,41)(H,38,42)/t25?,26-,28+,32?,33+/m0/s1. The molecule has 1 saturated carbocycles. The van der Waals surface area contributed by atoms with Gasteiger partial charge in [0.1, 0.15) is 29.3 Å². The fourth-order valence-electron chi connectivity index (χ4n) is 7.59. The Morgan fingerprint density at radius 2 is 1.93 bits per heavy atom. The maximum Gasteiger partial charge on any atom is 0.242 e. The van der Waals surface area contributed by atoms with Crippen LogP contribution in [0.25, 0.3) is 0 Å². The number of nitrogens with one attached hydrogen (secondary N) is 3. The van der Waals surface area contributed by atoms with Crippen LogP contribution in [0.2, 0.25) is 10.0 Å². The van der Waals surface area contributed by atoms with Crippen LogP contribution in [0.4, 0.5) is 15.8 Å². The van der Waals surface area contributed by atoms with Crippen molar-refractivity contribution in [3.8, 4) is 11.5 Å². The number of carbonyl (C=O) groups excluding carboxylic acids is 2. The number of halogens is 3. The van der Waals surface area contributed by atoms with Crippen LogP contribution >= 0.6 is 23.2 Å². The lowest BCUT2D eigenvalue weighted by atomic mass is 9.61. The molecule has 2 amide bonds. The van der Waals surface area contributed by atoms with Gasteiger partial charge in [-0.15, -0.1) is 0 Å². The molecule has 0 radical (unpaired) electrons. The highest BCUT2D eigenvalue weighted by atomic mass is 35.5. The van der Waals surface area contributed by atoms with Gasteiger partial charge in [-0.3, -0.25) is 14.9 Å². The summed E-state index contributed by atoms with van der Waals surface area (Å²) in [4.78, 5) is 28.9. The molecule has 44 heavy (non-hydrogen) atoms. The van der Waals surface area contributed by atoms with Crippen LogP contribution in [0.3, 0.4) is 0 Å². The Kier molecular flexibility index (Phi) is 7.60. The number of rotatable bonds is 7. The zero-order valence-corrected chi connectivity index (χ0v) is 26.3. The molecule has 5 atom stereocenters. The van der Waals surface area contributed by atoms with Gasteiger partial charge in [0, 0.05) is 28.2 Å². The molecule has 3 aliphatic rings. The SMILES string of the molecule is COc1cc(OCCO)ccc1NC(=O)[C@@H]1NC2(CC2C(C)(C)C)[C@@]2(C(=O)Nc3cc(Cl)ccc32)[C@H]1c1cccc(Cl)c1F. The van der Waals surface area contributed by atoms with Gasteiger partial charge < -0.3 is 25.2 Å². The Balaban J connectivity index is 1.52. The van der Waals surface area contributed by atoms with Gasteiger partial charge in [0.05, 0.1) is 30.5 Å². The Bertz CT molecular complexity index is 1660. The lowest BCUT2D eigenvalue weighted by molar-refractivity contribution is -0.122. The minimum absolute atomic E-state index is 0.0255. The van der Waals surface area contributed by atoms with E-state index in [1.165, 1.54) is 13.2 Å². The molecule has 2 fully saturated rings. The maximum absolute atomic E-state index is 16.1. The number of ether oxygens (including phenoxy) is 2. The highest BCUT2D eigenvalue weighted by Crippen LogP contribution is 2.72. The highest BCUT2D eigenvalue weighted by molar-refractivity contribution is 6.31. The fraction of sp³-hybridized carbons (Fsp3) is 0.394. The van der Waals surface area contributed by atoms with Gasteiger partial charge in [-0.05, 0) is 59.2 Å². The van der Waals surface area contributed by atoms with Crippen LogP contribution in [0.15, 0.2) is 54.6 Å². The Morgan fingerprint density at radius 1 is 1.16 bits per heavy atom. The van der Waals surface area contributed by atoms with Gasteiger partial charge in [0.25, 0.3) is 0 Å². The summed E-state index contributed by atoms with van der Waals surface area (Å²) in [6, 6.07) is 13.7. The van der Waals surface area contributed by atoms with E-state index in [-0.39, 0.29) is 41.0 Å². The molecule has 1 aliphatic carbocycles. The third kappa shape index (κ3) is 4.55. The number of amides is 2. The number of aliphatic hydroxyl groups is 1. The molecule has 0 bridgehead atoms. The second-order valence-corrected chi connectivity index (χ2v) is 13.6. The first-order chi connectivity index (χ1) is 20.9. The van der Waals surface area contributed by atoms with Crippen LogP contribution in [0.1, 0.15) is 44.2 Å². The van der Waals surface area contributed by atoms with Crippen molar-refractivity contribution in [2.24, 2.45) is 11.3 Å². The molecule has 232 valence electrons. The molecule has 11 heteroatoms. The molecule has 4 N–H and O–H groups in total. The summed E-state index contributed by atoms with van der Waals surface area (Å²) < 4.78 is 27.1. The first kappa shape index (κ1) is 30.6. The van der Waals surface area contributed by atoms with Crippen molar-refractivity contribution in [2.45, 2.75) is 50.1 Å². The van der Waals surface area contributed by atoms with E-state index in [1.54, 1.807) is 48.5 Å². The number of fused-ring (bicyclic) bond motifs is 3. The molecule has 2 heterocycles.